The summed E-state index contributed by atoms with van der Waals surface area (Å²) in [4.78, 5) is 9.12. The molecule has 28 heavy (non-hydrogen) atoms. The molecule has 2 N–H and O–H groups in total. The summed E-state index contributed by atoms with van der Waals surface area (Å²) in [5.74, 6) is 0.889. The minimum Gasteiger partial charge on any atom is -0.424 e. The number of benzene rings is 1. The molecule has 7 heteroatoms. The Hall–Kier alpha value is -2.12. The summed E-state index contributed by atoms with van der Waals surface area (Å²) >= 11 is 0. The average molecular weight is 383 g/mol. The molecule has 0 bridgehead atoms. The molecular formula is C21H30BN3O3. The minimum atomic E-state index is -0.503. The van der Waals surface area contributed by atoms with Gasteiger partial charge >= 0.3 is 13.1 Å². The van der Waals surface area contributed by atoms with Crippen molar-refractivity contribution in [2.75, 3.05) is 5.73 Å². The zero-order valence-electron chi connectivity index (χ0n) is 18.1. The summed E-state index contributed by atoms with van der Waals surface area (Å²) < 4.78 is 18.4. The lowest BCUT2D eigenvalue weighted by atomic mass is 9.77. The van der Waals surface area contributed by atoms with Crippen molar-refractivity contribution in [3.8, 4) is 11.8 Å². The Bertz CT molecular complexity index is 857. The number of hydrogen-bond donors (Lipinski definition) is 1. The van der Waals surface area contributed by atoms with E-state index in [-0.39, 0.29) is 5.92 Å². The Balaban J connectivity index is 1.95. The zero-order valence-corrected chi connectivity index (χ0v) is 18.1. The standard InChI is InChI=1S/C21H30BN3O3/c1-12(2)17-16(22-27-20(5,6)21(7,8)28-22)11-24-19(25-17)26-18-13(3)9-15(23)10-14(18)4/h9-12H,23H2,1-8H3. The summed E-state index contributed by atoms with van der Waals surface area (Å²) in [5.41, 5.74) is 9.37. The lowest BCUT2D eigenvalue weighted by Crippen LogP contribution is -2.41. The number of anilines is 1. The summed E-state index contributed by atoms with van der Waals surface area (Å²) in [6, 6.07) is 4.06. The SMILES string of the molecule is Cc1cc(N)cc(C)c1Oc1ncc(B2OC(C)(C)C(C)(C)O2)c(C(C)C)n1. The van der Waals surface area contributed by atoms with Crippen LogP contribution in [0.3, 0.4) is 0 Å². The highest BCUT2D eigenvalue weighted by Crippen LogP contribution is 2.37. The van der Waals surface area contributed by atoms with Gasteiger partial charge in [-0.3, -0.25) is 0 Å². The van der Waals surface area contributed by atoms with Crippen molar-refractivity contribution in [1.29, 1.82) is 0 Å². The van der Waals surface area contributed by atoms with Crippen molar-refractivity contribution in [1.82, 2.24) is 9.97 Å². The third kappa shape index (κ3) is 3.73. The second kappa shape index (κ2) is 7.05. The molecule has 3 rings (SSSR count). The first-order chi connectivity index (χ1) is 12.9. The largest absolute Gasteiger partial charge is 0.498 e. The van der Waals surface area contributed by atoms with Crippen molar-refractivity contribution in [2.45, 2.75) is 72.5 Å². The Labute approximate surface area is 168 Å². The van der Waals surface area contributed by atoms with E-state index in [2.05, 4.69) is 23.8 Å². The summed E-state index contributed by atoms with van der Waals surface area (Å²) in [6.45, 7) is 16.2. The van der Waals surface area contributed by atoms with E-state index in [1.807, 2.05) is 53.7 Å². The summed E-state index contributed by atoms with van der Waals surface area (Å²) in [6.07, 6.45) is 1.75. The fraction of sp³-hybridized carbons (Fsp3) is 0.524. The van der Waals surface area contributed by atoms with Crippen molar-refractivity contribution in [2.24, 2.45) is 0 Å². The Morgan fingerprint density at radius 2 is 1.57 bits per heavy atom. The maximum absolute atomic E-state index is 6.19. The van der Waals surface area contributed by atoms with Crippen LogP contribution in [0.25, 0.3) is 0 Å². The summed E-state index contributed by atoms with van der Waals surface area (Å²) in [7, 11) is -0.503. The van der Waals surface area contributed by atoms with Crippen molar-refractivity contribution in [3.05, 3.63) is 35.2 Å². The highest BCUT2D eigenvalue weighted by molar-refractivity contribution is 6.62. The zero-order chi connectivity index (χ0) is 20.9. The Kier molecular flexibility index (Phi) is 5.19. The number of hydrogen-bond acceptors (Lipinski definition) is 6. The van der Waals surface area contributed by atoms with Crippen LogP contribution in [-0.2, 0) is 9.31 Å². The maximum Gasteiger partial charge on any atom is 0.498 e. The third-order valence-electron chi connectivity index (χ3n) is 5.56. The Morgan fingerprint density at radius 1 is 1.04 bits per heavy atom. The highest BCUT2D eigenvalue weighted by atomic mass is 16.7. The molecule has 0 saturated carbocycles. The fourth-order valence-corrected chi connectivity index (χ4v) is 3.29. The van der Waals surface area contributed by atoms with Gasteiger partial charge in [0.2, 0.25) is 0 Å². The number of ether oxygens (including phenoxy) is 1. The average Bonchev–Trinajstić information content (AvgIpc) is 2.78. The number of nitrogen functional groups attached to an aromatic ring is 1. The molecular weight excluding hydrogens is 353 g/mol. The molecule has 2 heterocycles. The highest BCUT2D eigenvalue weighted by Gasteiger charge is 2.52. The molecule has 150 valence electrons. The number of aryl methyl sites for hydroxylation is 2. The van der Waals surface area contributed by atoms with Crippen molar-refractivity contribution >= 4 is 18.3 Å². The van der Waals surface area contributed by atoms with E-state index < -0.39 is 18.3 Å². The molecule has 6 nitrogen and oxygen atoms in total. The second-order valence-corrected chi connectivity index (χ2v) is 8.82. The second-order valence-electron chi connectivity index (χ2n) is 8.82. The smallest absolute Gasteiger partial charge is 0.424 e. The molecule has 1 aromatic heterocycles. The van der Waals surface area contributed by atoms with E-state index in [9.17, 15) is 0 Å². The molecule has 0 amide bonds. The summed E-state index contributed by atoms with van der Waals surface area (Å²) in [5, 5.41) is 0. The van der Waals surface area contributed by atoms with E-state index in [4.69, 9.17) is 19.8 Å². The van der Waals surface area contributed by atoms with Crippen LogP contribution in [0.2, 0.25) is 0 Å². The Morgan fingerprint density at radius 3 is 2.07 bits per heavy atom. The van der Waals surface area contributed by atoms with Crippen LogP contribution in [0.5, 0.6) is 11.8 Å². The third-order valence-corrected chi connectivity index (χ3v) is 5.56. The number of nitrogens with zero attached hydrogens (tertiary/aromatic N) is 2. The number of nitrogens with two attached hydrogens (primary N) is 1. The van der Waals surface area contributed by atoms with Gasteiger partial charge in [0.15, 0.2) is 0 Å². The number of aromatic nitrogens is 2. The van der Waals surface area contributed by atoms with Crippen LogP contribution in [0.15, 0.2) is 18.3 Å². The molecule has 1 aliphatic rings. The van der Waals surface area contributed by atoms with E-state index in [1.54, 1.807) is 6.20 Å². The van der Waals surface area contributed by atoms with Crippen LogP contribution in [0.4, 0.5) is 5.69 Å². The van der Waals surface area contributed by atoms with Crippen LogP contribution in [-0.4, -0.2) is 28.3 Å². The first-order valence-electron chi connectivity index (χ1n) is 9.68. The molecule has 1 saturated heterocycles. The molecule has 0 unspecified atom stereocenters. The van der Waals surface area contributed by atoms with Crippen LogP contribution < -0.4 is 15.9 Å². The van der Waals surface area contributed by atoms with E-state index in [1.165, 1.54) is 0 Å². The van der Waals surface area contributed by atoms with E-state index >= 15 is 0 Å². The molecule has 0 spiro atoms. The topological polar surface area (TPSA) is 79.5 Å². The van der Waals surface area contributed by atoms with Gasteiger partial charge in [-0.1, -0.05) is 13.8 Å². The number of rotatable bonds is 4. The molecule has 0 atom stereocenters. The molecule has 0 radical (unpaired) electrons. The van der Waals surface area contributed by atoms with Crippen LogP contribution in [0, 0.1) is 13.8 Å². The molecule has 1 aliphatic heterocycles. The van der Waals surface area contributed by atoms with Gasteiger partial charge in [-0.2, -0.15) is 4.98 Å². The normalized spacial score (nSPS) is 18.0. The lowest BCUT2D eigenvalue weighted by molar-refractivity contribution is 0.00578. The molecule has 0 aliphatic carbocycles. The lowest BCUT2D eigenvalue weighted by Gasteiger charge is -2.32. The minimum absolute atomic E-state index is 0.160. The van der Waals surface area contributed by atoms with Crippen molar-refractivity contribution < 1.29 is 14.0 Å². The predicted molar refractivity (Wildman–Crippen MR) is 112 cm³/mol. The molecule has 1 fully saturated rings. The van der Waals surface area contributed by atoms with Crippen LogP contribution >= 0.6 is 0 Å². The maximum atomic E-state index is 6.19. The first-order valence-corrected chi connectivity index (χ1v) is 9.68. The predicted octanol–water partition coefficient (Wildman–Crippen LogP) is 3.89. The first kappa shape index (κ1) is 20.6. The molecule has 1 aromatic carbocycles. The van der Waals surface area contributed by atoms with Crippen LogP contribution in [0.1, 0.15) is 64.3 Å². The van der Waals surface area contributed by atoms with E-state index in [0.29, 0.717) is 11.7 Å². The quantitative estimate of drug-likeness (QED) is 0.637. The van der Waals surface area contributed by atoms with Gasteiger partial charge in [0, 0.05) is 23.0 Å². The van der Waals surface area contributed by atoms with Gasteiger partial charge in [-0.25, -0.2) is 4.98 Å². The van der Waals surface area contributed by atoms with Gasteiger partial charge < -0.3 is 19.8 Å². The molecule has 2 aromatic rings. The fourth-order valence-electron chi connectivity index (χ4n) is 3.29. The van der Waals surface area contributed by atoms with Crippen molar-refractivity contribution in [3.63, 3.8) is 0 Å². The van der Waals surface area contributed by atoms with Gasteiger partial charge in [0.1, 0.15) is 5.75 Å². The van der Waals surface area contributed by atoms with Gasteiger partial charge in [-0.15, -0.1) is 0 Å². The van der Waals surface area contributed by atoms with Gasteiger partial charge in [0.05, 0.1) is 11.2 Å². The monoisotopic (exact) mass is 383 g/mol. The van der Waals surface area contributed by atoms with E-state index in [0.717, 1.165) is 28.0 Å². The van der Waals surface area contributed by atoms with Gasteiger partial charge in [-0.05, 0) is 70.7 Å². The van der Waals surface area contributed by atoms with Gasteiger partial charge in [0.25, 0.3) is 0 Å².